The molecular weight excluding hydrogens is 384 g/mol. The van der Waals surface area contributed by atoms with Crippen molar-refractivity contribution < 1.29 is 0 Å². The Morgan fingerprint density at radius 1 is 1.19 bits per heavy atom. The summed E-state index contributed by atoms with van der Waals surface area (Å²) in [5, 5.41) is 16.6. The molecule has 0 amide bonds. The van der Waals surface area contributed by atoms with Gasteiger partial charge in [0.05, 0.1) is 12.2 Å². The van der Waals surface area contributed by atoms with Crippen molar-refractivity contribution in [3.05, 3.63) is 47.2 Å². The number of fused-ring (bicyclic) bond motifs is 3. The third-order valence-electron chi connectivity index (χ3n) is 7.78. The second kappa shape index (κ2) is 8.12. The predicted octanol–water partition coefficient (Wildman–Crippen LogP) is 4.40. The smallest absolute Gasteiger partial charge is 0.225 e. The molecular formula is C25H32N6. The van der Waals surface area contributed by atoms with Crippen molar-refractivity contribution in [1.29, 1.82) is 5.26 Å². The monoisotopic (exact) mass is 416 g/mol. The van der Waals surface area contributed by atoms with E-state index in [4.69, 9.17) is 10.7 Å². The summed E-state index contributed by atoms with van der Waals surface area (Å²) in [6.45, 7) is 3.17. The van der Waals surface area contributed by atoms with Gasteiger partial charge in [-0.3, -0.25) is 0 Å². The molecule has 6 nitrogen and oxygen atoms in total. The summed E-state index contributed by atoms with van der Waals surface area (Å²) < 4.78 is 0. The average molecular weight is 417 g/mol. The molecule has 3 aliphatic carbocycles. The van der Waals surface area contributed by atoms with Crippen LogP contribution in [0.2, 0.25) is 0 Å². The van der Waals surface area contributed by atoms with Crippen LogP contribution in [0, 0.1) is 28.6 Å². The van der Waals surface area contributed by atoms with E-state index in [1.165, 1.54) is 30.4 Å². The third kappa shape index (κ3) is 3.99. The van der Waals surface area contributed by atoms with Crippen LogP contribution >= 0.6 is 0 Å². The number of nitrogens with zero attached hydrogens (tertiary/aromatic N) is 3. The highest BCUT2D eigenvalue weighted by Crippen LogP contribution is 2.48. The SMILES string of the molecule is CC1(CNc2nc(NC3CCc4ccccc43)ncc2C#N)C[C@H]2CCC[C@@H](C1)C2N. The van der Waals surface area contributed by atoms with Crippen LogP contribution in [-0.2, 0) is 6.42 Å². The van der Waals surface area contributed by atoms with Crippen LogP contribution in [0.5, 0.6) is 0 Å². The minimum Gasteiger partial charge on any atom is -0.368 e. The molecule has 3 aliphatic rings. The lowest BCUT2D eigenvalue weighted by atomic mass is 9.59. The van der Waals surface area contributed by atoms with Gasteiger partial charge in [-0.15, -0.1) is 0 Å². The first-order chi connectivity index (χ1) is 15.0. The molecule has 1 heterocycles. The van der Waals surface area contributed by atoms with Crippen molar-refractivity contribution in [3.63, 3.8) is 0 Å². The Morgan fingerprint density at radius 3 is 2.74 bits per heavy atom. The minimum absolute atomic E-state index is 0.182. The van der Waals surface area contributed by atoms with Crippen LogP contribution in [0.25, 0.3) is 0 Å². The number of aryl methyl sites for hydroxylation is 1. The van der Waals surface area contributed by atoms with Crippen molar-refractivity contribution in [2.75, 3.05) is 17.2 Å². The maximum Gasteiger partial charge on any atom is 0.225 e. The maximum absolute atomic E-state index is 9.58. The van der Waals surface area contributed by atoms with E-state index in [2.05, 4.69) is 52.9 Å². The second-order valence-electron chi connectivity index (χ2n) is 10.1. The van der Waals surface area contributed by atoms with Crippen molar-refractivity contribution in [3.8, 4) is 6.07 Å². The highest BCUT2D eigenvalue weighted by Gasteiger charge is 2.43. The normalized spacial score (nSPS) is 31.5. The number of aromatic nitrogens is 2. The molecule has 162 valence electrons. The minimum atomic E-state index is 0.182. The van der Waals surface area contributed by atoms with Gasteiger partial charge >= 0.3 is 0 Å². The number of hydrogen-bond acceptors (Lipinski definition) is 6. The summed E-state index contributed by atoms with van der Waals surface area (Å²) in [6, 6.07) is 11.4. The predicted molar refractivity (Wildman–Crippen MR) is 123 cm³/mol. The zero-order chi connectivity index (χ0) is 21.4. The van der Waals surface area contributed by atoms with Gasteiger partial charge in [-0.2, -0.15) is 10.2 Å². The topological polar surface area (TPSA) is 99.6 Å². The molecule has 2 aromatic rings. The van der Waals surface area contributed by atoms with Crippen LogP contribution < -0.4 is 16.4 Å². The second-order valence-corrected chi connectivity index (χ2v) is 10.1. The number of benzene rings is 1. The van der Waals surface area contributed by atoms with Gasteiger partial charge in [0, 0.05) is 12.6 Å². The summed E-state index contributed by atoms with van der Waals surface area (Å²) in [6.07, 6.45) is 9.85. The Bertz CT molecular complexity index is 982. The summed E-state index contributed by atoms with van der Waals surface area (Å²) >= 11 is 0. The zero-order valence-electron chi connectivity index (χ0n) is 18.3. The standard InChI is InChI=1S/C25H32N6/c1-25(11-17-6-4-7-18(12-25)22(17)27)15-29-23-19(13-26)14-28-24(31-23)30-21-10-9-16-5-2-3-8-20(16)21/h2-3,5,8,14,17-18,21-22H,4,6-7,9-12,15,27H2,1H3,(H2,28,29,30,31)/t17-,18+,21?,22?,25?. The van der Waals surface area contributed by atoms with E-state index in [-0.39, 0.29) is 11.5 Å². The van der Waals surface area contributed by atoms with E-state index in [9.17, 15) is 5.26 Å². The lowest BCUT2D eigenvalue weighted by molar-refractivity contribution is 0.0549. The van der Waals surface area contributed by atoms with Crippen LogP contribution in [0.15, 0.2) is 30.5 Å². The molecule has 0 aliphatic heterocycles. The molecule has 5 rings (SSSR count). The van der Waals surface area contributed by atoms with Gasteiger partial charge < -0.3 is 16.4 Å². The Morgan fingerprint density at radius 2 is 1.97 bits per heavy atom. The first-order valence-corrected chi connectivity index (χ1v) is 11.7. The molecule has 6 heteroatoms. The Labute approximate surface area is 184 Å². The molecule has 5 atom stereocenters. The summed E-state index contributed by atoms with van der Waals surface area (Å²) in [4.78, 5) is 9.12. The average Bonchev–Trinajstić information content (AvgIpc) is 3.17. The van der Waals surface area contributed by atoms with E-state index in [1.807, 2.05) is 0 Å². The number of hydrogen-bond donors (Lipinski definition) is 3. The first-order valence-electron chi connectivity index (χ1n) is 11.7. The van der Waals surface area contributed by atoms with Gasteiger partial charge in [-0.05, 0) is 66.9 Å². The molecule has 31 heavy (non-hydrogen) atoms. The van der Waals surface area contributed by atoms with Crippen LogP contribution in [-0.4, -0.2) is 22.6 Å². The number of anilines is 2. The van der Waals surface area contributed by atoms with E-state index in [0.717, 1.165) is 32.2 Å². The van der Waals surface area contributed by atoms with Crippen molar-refractivity contribution in [2.45, 2.75) is 64.0 Å². The largest absolute Gasteiger partial charge is 0.368 e. The Balaban J connectivity index is 1.30. The lowest BCUT2D eigenvalue weighted by Crippen LogP contribution is -2.50. The molecule has 2 saturated carbocycles. The van der Waals surface area contributed by atoms with E-state index < -0.39 is 0 Å². The quantitative estimate of drug-likeness (QED) is 0.668. The molecule has 1 aromatic carbocycles. The fraction of sp³-hybridized carbons (Fsp3) is 0.560. The molecule has 4 N–H and O–H groups in total. The van der Waals surface area contributed by atoms with Crippen molar-refractivity contribution in [1.82, 2.24) is 9.97 Å². The van der Waals surface area contributed by atoms with Crippen LogP contribution in [0.3, 0.4) is 0 Å². The highest BCUT2D eigenvalue weighted by atomic mass is 15.2. The van der Waals surface area contributed by atoms with Gasteiger partial charge in [0.25, 0.3) is 0 Å². The number of nitrogens with two attached hydrogens (primary N) is 1. The molecule has 2 bridgehead atoms. The molecule has 2 fully saturated rings. The third-order valence-corrected chi connectivity index (χ3v) is 7.78. The summed E-state index contributed by atoms with van der Waals surface area (Å²) in [5.74, 6) is 2.46. The van der Waals surface area contributed by atoms with E-state index in [1.54, 1.807) is 6.20 Å². The fourth-order valence-electron chi connectivity index (χ4n) is 6.21. The van der Waals surface area contributed by atoms with Gasteiger partial charge in [0.15, 0.2) is 0 Å². The van der Waals surface area contributed by atoms with Gasteiger partial charge in [0.2, 0.25) is 5.95 Å². The first kappa shape index (κ1) is 20.3. The van der Waals surface area contributed by atoms with E-state index >= 15 is 0 Å². The molecule has 0 saturated heterocycles. The molecule has 1 aromatic heterocycles. The Hall–Kier alpha value is -2.65. The highest BCUT2D eigenvalue weighted by molar-refractivity contribution is 5.54. The molecule has 3 unspecified atom stereocenters. The van der Waals surface area contributed by atoms with E-state index in [0.29, 0.717) is 35.2 Å². The van der Waals surface area contributed by atoms with Gasteiger partial charge in [0.1, 0.15) is 17.5 Å². The van der Waals surface area contributed by atoms with Crippen molar-refractivity contribution >= 4 is 11.8 Å². The summed E-state index contributed by atoms with van der Waals surface area (Å²) in [7, 11) is 0. The number of nitrogens with one attached hydrogen (secondary N) is 2. The van der Waals surface area contributed by atoms with Crippen molar-refractivity contribution in [2.24, 2.45) is 23.0 Å². The molecule has 0 radical (unpaired) electrons. The number of nitriles is 1. The fourth-order valence-corrected chi connectivity index (χ4v) is 6.21. The zero-order valence-corrected chi connectivity index (χ0v) is 18.3. The molecule has 0 spiro atoms. The van der Waals surface area contributed by atoms with Gasteiger partial charge in [-0.1, -0.05) is 37.6 Å². The van der Waals surface area contributed by atoms with Crippen LogP contribution in [0.1, 0.15) is 68.2 Å². The van der Waals surface area contributed by atoms with Gasteiger partial charge in [-0.25, -0.2) is 4.98 Å². The lowest BCUT2D eigenvalue weighted by Gasteiger charge is -2.49. The maximum atomic E-state index is 9.58. The Kier molecular flexibility index (Phi) is 5.31. The number of rotatable bonds is 5. The summed E-state index contributed by atoms with van der Waals surface area (Å²) in [5.41, 5.74) is 9.89. The van der Waals surface area contributed by atoms with Crippen LogP contribution in [0.4, 0.5) is 11.8 Å².